The van der Waals surface area contributed by atoms with Gasteiger partial charge in [-0.2, -0.15) is 0 Å². The van der Waals surface area contributed by atoms with E-state index in [-0.39, 0.29) is 11.8 Å². The summed E-state index contributed by atoms with van der Waals surface area (Å²) in [6.45, 7) is 10.5. The molecule has 3 aromatic carbocycles. The maximum Gasteiger partial charge on any atom is 0.255 e. The van der Waals surface area contributed by atoms with Gasteiger partial charge in [-0.3, -0.25) is 14.5 Å². The van der Waals surface area contributed by atoms with Crippen LogP contribution in [0.15, 0.2) is 60.7 Å². The summed E-state index contributed by atoms with van der Waals surface area (Å²) >= 11 is 0. The van der Waals surface area contributed by atoms with Crippen molar-refractivity contribution < 1.29 is 19.1 Å². The molecule has 2 aliphatic heterocycles. The number of benzene rings is 3. The van der Waals surface area contributed by atoms with Crippen LogP contribution in [0.25, 0.3) is 11.1 Å². The number of ether oxygens (including phenoxy) is 2. The zero-order chi connectivity index (χ0) is 29.5. The fraction of sp³-hybridized carbons (Fsp3) is 0.394. The van der Waals surface area contributed by atoms with Gasteiger partial charge in [-0.05, 0) is 73.1 Å². The van der Waals surface area contributed by atoms with Gasteiger partial charge >= 0.3 is 0 Å². The number of rotatable bonds is 9. The van der Waals surface area contributed by atoms with Gasteiger partial charge in [0.15, 0.2) is 0 Å². The normalized spacial score (nSPS) is 16.2. The highest BCUT2D eigenvalue weighted by Crippen LogP contribution is 2.32. The van der Waals surface area contributed by atoms with Gasteiger partial charge in [-0.15, -0.1) is 0 Å². The van der Waals surface area contributed by atoms with E-state index in [2.05, 4.69) is 32.4 Å². The van der Waals surface area contributed by atoms with Gasteiger partial charge < -0.3 is 29.9 Å². The molecule has 5 rings (SSSR count). The van der Waals surface area contributed by atoms with E-state index >= 15 is 0 Å². The molecule has 0 atom stereocenters. The van der Waals surface area contributed by atoms with Gasteiger partial charge in [0.25, 0.3) is 11.8 Å². The van der Waals surface area contributed by atoms with Gasteiger partial charge in [0.05, 0.1) is 26.0 Å². The molecule has 42 heavy (non-hydrogen) atoms. The lowest BCUT2D eigenvalue weighted by Crippen LogP contribution is -2.44. The van der Waals surface area contributed by atoms with E-state index in [0.717, 1.165) is 92.8 Å². The second-order valence-electron chi connectivity index (χ2n) is 10.9. The maximum atomic E-state index is 13.1. The van der Waals surface area contributed by atoms with Crippen molar-refractivity contribution in [3.05, 3.63) is 77.4 Å². The summed E-state index contributed by atoms with van der Waals surface area (Å²) in [6.07, 6.45) is 0. The third-order valence-electron chi connectivity index (χ3n) is 8.04. The Balaban J connectivity index is 1.20. The Morgan fingerprint density at radius 1 is 0.857 bits per heavy atom. The zero-order valence-corrected chi connectivity index (χ0v) is 24.8. The Morgan fingerprint density at radius 3 is 2.26 bits per heavy atom. The Bertz CT molecular complexity index is 1380. The third-order valence-corrected chi connectivity index (χ3v) is 8.04. The molecular formula is C33H41N5O4. The molecule has 2 N–H and O–H groups in total. The Hall–Kier alpha value is -3.92. The molecule has 2 heterocycles. The summed E-state index contributed by atoms with van der Waals surface area (Å²) in [5.41, 5.74) is 5.96. The average molecular weight is 572 g/mol. The summed E-state index contributed by atoms with van der Waals surface area (Å²) in [7, 11) is 3.80. The van der Waals surface area contributed by atoms with Crippen LogP contribution in [-0.2, 0) is 4.74 Å². The van der Waals surface area contributed by atoms with Crippen LogP contribution in [-0.4, -0.2) is 101 Å². The predicted octanol–water partition coefficient (Wildman–Crippen LogP) is 3.74. The minimum Gasteiger partial charge on any atom is -0.495 e. The molecule has 222 valence electrons. The molecule has 2 aliphatic rings. The van der Waals surface area contributed by atoms with Crippen molar-refractivity contribution in [3.8, 4) is 16.9 Å². The van der Waals surface area contributed by atoms with E-state index in [0.29, 0.717) is 17.7 Å². The number of likely N-dealkylation sites (N-methyl/N-ethyl adjacent to an activating group) is 1. The van der Waals surface area contributed by atoms with Crippen LogP contribution in [0.1, 0.15) is 26.3 Å². The predicted molar refractivity (Wildman–Crippen MR) is 167 cm³/mol. The molecule has 9 heteroatoms. The smallest absolute Gasteiger partial charge is 0.255 e. The van der Waals surface area contributed by atoms with Gasteiger partial charge in [-0.1, -0.05) is 18.2 Å². The summed E-state index contributed by atoms with van der Waals surface area (Å²) in [5.74, 6) is 0.560. The molecule has 0 spiro atoms. The van der Waals surface area contributed by atoms with E-state index in [1.54, 1.807) is 7.11 Å². The van der Waals surface area contributed by atoms with Crippen LogP contribution in [0, 0.1) is 6.92 Å². The number of piperazine rings is 1. The number of hydrogen-bond acceptors (Lipinski definition) is 7. The number of nitrogens with one attached hydrogen (secondary N) is 2. The van der Waals surface area contributed by atoms with Crippen LogP contribution < -0.4 is 20.3 Å². The highest BCUT2D eigenvalue weighted by molar-refractivity contribution is 6.05. The summed E-state index contributed by atoms with van der Waals surface area (Å²) in [4.78, 5) is 32.7. The summed E-state index contributed by atoms with van der Waals surface area (Å²) in [5, 5.41) is 6.07. The second kappa shape index (κ2) is 13.8. The Labute approximate surface area is 248 Å². The first-order valence-electron chi connectivity index (χ1n) is 14.6. The first-order chi connectivity index (χ1) is 20.4. The fourth-order valence-corrected chi connectivity index (χ4v) is 5.45. The Kier molecular flexibility index (Phi) is 9.74. The first-order valence-corrected chi connectivity index (χ1v) is 14.6. The van der Waals surface area contributed by atoms with E-state index in [9.17, 15) is 9.59 Å². The van der Waals surface area contributed by atoms with Gasteiger partial charge in [-0.25, -0.2) is 0 Å². The van der Waals surface area contributed by atoms with Crippen LogP contribution in [0.5, 0.6) is 5.75 Å². The number of methoxy groups -OCH3 is 1. The highest BCUT2D eigenvalue weighted by atomic mass is 16.5. The van der Waals surface area contributed by atoms with Crippen molar-refractivity contribution in [3.63, 3.8) is 0 Å². The molecule has 0 bridgehead atoms. The molecule has 0 aromatic heterocycles. The number of aryl methyl sites for hydroxylation is 1. The number of carbonyl (C=O) groups excluding carboxylic acids is 2. The standard InChI is InChI=1S/C33H41N5O4/c1-24-22-27(32(39)34-12-13-37-18-20-42-21-19-37)8-10-29(24)25-4-6-26(7-5-25)33(40)35-28-9-11-31(41-3)30(23-28)38-16-14-36(2)15-17-38/h4-11,22-23H,12-21H2,1-3H3,(H,34,39)(H,35,40). The van der Waals surface area contributed by atoms with Crippen molar-refractivity contribution >= 4 is 23.2 Å². The topological polar surface area (TPSA) is 86.4 Å². The van der Waals surface area contributed by atoms with E-state index in [1.807, 2.05) is 67.6 Å². The Morgan fingerprint density at radius 2 is 1.57 bits per heavy atom. The fourth-order valence-electron chi connectivity index (χ4n) is 5.45. The molecule has 0 radical (unpaired) electrons. The molecule has 2 amide bonds. The van der Waals surface area contributed by atoms with Gasteiger partial charge in [0, 0.05) is 69.2 Å². The number of nitrogens with zero attached hydrogens (tertiary/aromatic N) is 3. The average Bonchev–Trinajstić information content (AvgIpc) is 3.02. The van der Waals surface area contributed by atoms with Crippen LogP contribution in [0.4, 0.5) is 11.4 Å². The van der Waals surface area contributed by atoms with Gasteiger partial charge in [0.2, 0.25) is 0 Å². The first kappa shape index (κ1) is 29.6. The molecule has 2 saturated heterocycles. The number of morpholine rings is 1. The van der Waals surface area contributed by atoms with E-state index in [1.165, 1.54) is 0 Å². The van der Waals surface area contributed by atoms with Gasteiger partial charge in [0.1, 0.15) is 5.75 Å². The molecule has 0 unspecified atom stereocenters. The monoisotopic (exact) mass is 571 g/mol. The van der Waals surface area contributed by atoms with E-state index < -0.39 is 0 Å². The lowest BCUT2D eigenvalue weighted by atomic mass is 9.97. The lowest BCUT2D eigenvalue weighted by Gasteiger charge is -2.34. The maximum absolute atomic E-state index is 13.1. The number of carbonyl (C=O) groups is 2. The second-order valence-corrected chi connectivity index (χ2v) is 10.9. The number of amides is 2. The highest BCUT2D eigenvalue weighted by Gasteiger charge is 2.19. The minimum atomic E-state index is -0.170. The largest absolute Gasteiger partial charge is 0.495 e. The van der Waals surface area contributed by atoms with E-state index in [4.69, 9.17) is 9.47 Å². The van der Waals surface area contributed by atoms with Crippen molar-refractivity contribution in [2.75, 3.05) is 89.9 Å². The molecule has 3 aromatic rings. The molecular weight excluding hydrogens is 530 g/mol. The molecule has 0 saturated carbocycles. The quantitative estimate of drug-likeness (QED) is 0.405. The molecule has 2 fully saturated rings. The SMILES string of the molecule is COc1ccc(NC(=O)c2ccc(-c3ccc(C(=O)NCCN4CCOCC4)cc3C)cc2)cc1N1CCN(C)CC1. The van der Waals surface area contributed by atoms with Crippen molar-refractivity contribution in [2.45, 2.75) is 6.92 Å². The lowest BCUT2D eigenvalue weighted by molar-refractivity contribution is 0.0383. The number of anilines is 2. The van der Waals surface area contributed by atoms with Crippen LogP contribution in [0.2, 0.25) is 0 Å². The molecule has 0 aliphatic carbocycles. The zero-order valence-electron chi connectivity index (χ0n) is 24.8. The van der Waals surface area contributed by atoms with Crippen molar-refractivity contribution in [1.82, 2.24) is 15.1 Å². The van der Waals surface area contributed by atoms with Crippen LogP contribution >= 0.6 is 0 Å². The third kappa shape index (κ3) is 7.28. The van der Waals surface area contributed by atoms with Crippen LogP contribution in [0.3, 0.4) is 0 Å². The minimum absolute atomic E-state index is 0.0701. The summed E-state index contributed by atoms with van der Waals surface area (Å²) < 4.78 is 11.0. The van der Waals surface area contributed by atoms with Crippen molar-refractivity contribution in [1.29, 1.82) is 0 Å². The molecule has 9 nitrogen and oxygen atoms in total. The number of hydrogen-bond donors (Lipinski definition) is 2. The van der Waals surface area contributed by atoms with Crippen molar-refractivity contribution in [2.24, 2.45) is 0 Å². The summed E-state index contributed by atoms with van der Waals surface area (Å²) in [6, 6.07) is 19.1.